The number of benzene rings is 2. The first kappa shape index (κ1) is 27.5. The molecule has 1 heterocycles. The highest BCUT2D eigenvalue weighted by Crippen LogP contribution is 2.35. The number of hydrogen-bond acceptors (Lipinski definition) is 5. The van der Waals surface area contributed by atoms with E-state index in [0.29, 0.717) is 28.4 Å². The Hall–Kier alpha value is -3.04. The van der Waals surface area contributed by atoms with Crippen molar-refractivity contribution < 1.29 is 27.4 Å². The standard InChI is InChI=1S/C26H29ClF3N3O3/c1-6-35-25(34)17(4)36-23-10-8-20(16(3)24(23)27)21(31-5)14-19-11-12-32-33(19)22-9-7-18(13-15(22)2)26(28,29)30/h7-13,17,21,31H,6,14H2,1-5H3. The maximum atomic E-state index is 13.1. The quantitative estimate of drug-likeness (QED) is 0.349. The van der Waals surface area contributed by atoms with Gasteiger partial charge in [-0.05, 0) is 81.8 Å². The van der Waals surface area contributed by atoms with E-state index < -0.39 is 23.8 Å². The van der Waals surface area contributed by atoms with Crippen LogP contribution < -0.4 is 10.1 Å². The normalized spacial score (nSPS) is 13.4. The second-order valence-electron chi connectivity index (χ2n) is 8.38. The number of halogens is 4. The molecule has 2 aromatic carbocycles. The largest absolute Gasteiger partial charge is 0.477 e. The van der Waals surface area contributed by atoms with Crippen molar-refractivity contribution in [2.24, 2.45) is 0 Å². The number of esters is 1. The zero-order valence-electron chi connectivity index (χ0n) is 20.7. The van der Waals surface area contributed by atoms with Crippen molar-refractivity contribution in [1.29, 1.82) is 0 Å². The van der Waals surface area contributed by atoms with Gasteiger partial charge >= 0.3 is 12.1 Å². The Balaban J connectivity index is 1.87. The van der Waals surface area contributed by atoms with Crippen molar-refractivity contribution in [3.63, 3.8) is 0 Å². The minimum atomic E-state index is -4.41. The van der Waals surface area contributed by atoms with Gasteiger partial charge in [0, 0.05) is 24.4 Å². The molecule has 0 amide bonds. The summed E-state index contributed by atoms with van der Waals surface area (Å²) in [6, 6.07) is 8.85. The van der Waals surface area contributed by atoms with Crippen molar-refractivity contribution in [3.8, 4) is 11.4 Å². The number of likely N-dealkylation sites (N-methyl/N-ethyl adjacent to an activating group) is 1. The fourth-order valence-corrected chi connectivity index (χ4v) is 4.21. The van der Waals surface area contributed by atoms with E-state index in [4.69, 9.17) is 21.1 Å². The summed E-state index contributed by atoms with van der Waals surface area (Å²) in [6.45, 7) is 7.06. The molecule has 0 spiro atoms. The zero-order valence-corrected chi connectivity index (χ0v) is 21.5. The van der Waals surface area contributed by atoms with E-state index in [1.54, 1.807) is 37.7 Å². The number of hydrogen-bond donors (Lipinski definition) is 1. The van der Waals surface area contributed by atoms with Crippen molar-refractivity contribution in [3.05, 3.63) is 75.6 Å². The third-order valence-electron chi connectivity index (χ3n) is 5.93. The molecule has 0 saturated carbocycles. The van der Waals surface area contributed by atoms with Gasteiger partial charge in [0.1, 0.15) is 5.75 Å². The first-order chi connectivity index (χ1) is 17.0. The molecule has 2 atom stereocenters. The monoisotopic (exact) mass is 523 g/mol. The average Bonchev–Trinajstić information content (AvgIpc) is 3.28. The number of aryl methyl sites for hydroxylation is 1. The van der Waals surface area contributed by atoms with Crippen LogP contribution >= 0.6 is 11.6 Å². The van der Waals surface area contributed by atoms with Crippen LogP contribution in [0, 0.1) is 13.8 Å². The van der Waals surface area contributed by atoms with Gasteiger partial charge in [0.05, 0.1) is 22.9 Å². The summed E-state index contributed by atoms with van der Waals surface area (Å²) in [5.41, 5.74) is 2.84. The van der Waals surface area contributed by atoms with Crippen LogP contribution in [-0.4, -0.2) is 35.5 Å². The molecule has 0 aliphatic heterocycles. The molecule has 1 aromatic heterocycles. The topological polar surface area (TPSA) is 65.4 Å². The number of ether oxygens (including phenoxy) is 2. The molecule has 1 N–H and O–H groups in total. The van der Waals surface area contributed by atoms with Crippen LogP contribution in [0.4, 0.5) is 13.2 Å². The summed E-state index contributed by atoms with van der Waals surface area (Å²) in [4.78, 5) is 11.9. The number of nitrogens with zero attached hydrogens (tertiary/aromatic N) is 2. The summed E-state index contributed by atoms with van der Waals surface area (Å²) >= 11 is 6.59. The number of aromatic nitrogens is 2. The molecule has 3 rings (SSSR count). The maximum Gasteiger partial charge on any atom is 0.416 e. The smallest absolute Gasteiger partial charge is 0.416 e. The number of rotatable bonds is 9. The molecule has 6 nitrogen and oxygen atoms in total. The van der Waals surface area contributed by atoms with E-state index in [9.17, 15) is 18.0 Å². The SMILES string of the molecule is CCOC(=O)C(C)Oc1ccc(C(Cc2ccnn2-c2ccc(C(F)(F)F)cc2C)NC)c(C)c1Cl. The Morgan fingerprint density at radius 2 is 1.92 bits per heavy atom. The van der Waals surface area contributed by atoms with Gasteiger partial charge < -0.3 is 14.8 Å². The van der Waals surface area contributed by atoms with Crippen LogP contribution in [0.5, 0.6) is 5.75 Å². The van der Waals surface area contributed by atoms with Crippen LogP contribution in [0.15, 0.2) is 42.6 Å². The molecule has 0 aliphatic carbocycles. The second kappa shape index (κ2) is 11.3. The highest BCUT2D eigenvalue weighted by atomic mass is 35.5. The first-order valence-corrected chi connectivity index (χ1v) is 11.9. The molecular formula is C26H29ClF3N3O3. The fourth-order valence-electron chi connectivity index (χ4n) is 3.99. The molecule has 0 aliphatic rings. The van der Waals surface area contributed by atoms with Crippen LogP contribution in [0.1, 0.15) is 47.8 Å². The third kappa shape index (κ3) is 6.02. The van der Waals surface area contributed by atoms with Crippen molar-refractivity contribution >= 4 is 17.6 Å². The Bertz CT molecular complexity index is 1230. The van der Waals surface area contributed by atoms with E-state index >= 15 is 0 Å². The lowest BCUT2D eigenvalue weighted by Crippen LogP contribution is -2.26. The Morgan fingerprint density at radius 3 is 2.53 bits per heavy atom. The summed E-state index contributed by atoms with van der Waals surface area (Å²) in [7, 11) is 1.81. The van der Waals surface area contributed by atoms with Crippen LogP contribution in [0.2, 0.25) is 5.02 Å². The van der Waals surface area contributed by atoms with Gasteiger partial charge in [-0.3, -0.25) is 0 Å². The highest BCUT2D eigenvalue weighted by Gasteiger charge is 2.31. The highest BCUT2D eigenvalue weighted by molar-refractivity contribution is 6.32. The van der Waals surface area contributed by atoms with E-state index in [1.165, 1.54) is 6.07 Å². The van der Waals surface area contributed by atoms with Crippen LogP contribution in [0.3, 0.4) is 0 Å². The molecule has 3 aromatic rings. The van der Waals surface area contributed by atoms with Crippen molar-refractivity contribution in [2.75, 3.05) is 13.7 Å². The summed E-state index contributed by atoms with van der Waals surface area (Å²) in [6.07, 6.45) is -3.11. The van der Waals surface area contributed by atoms with Gasteiger partial charge in [0.15, 0.2) is 6.10 Å². The fraction of sp³-hybridized carbons (Fsp3) is 0.385. The van der Waals surface area contributed by atoms with Crippen LogP contribution in [-0.2, 0) is 22.1 Å². The Labute approximate surface area is 213 Å². The molecule has 0 fully saturated rings. The number of carbonyl (C=O) groups is 1. The van der Waals surface area contributed by atoms with Crippen molar-refractivity contribution in [1.82, 2.24) is 15.1 Å². The van der Waals surface area contributed by atoms with Gasteiger partial charge in [0.25, 0.3) is 0 Å². The Morgan fingerprint density at radius 1 is 1.19 bits per heavy atom. The minimum Gasteiger partial charge on any atom is -0.477 e. The lowest BCUT2D eigenvalue weighted by Gasteiger charge is -2.22. The molecule has 2 unspecified atom stereocenters. The van der Waals surface area contributed by atoms with Gasteiger partial charge in [0.2, 0.25) is 0 Å². The van der Waals surface area contributed by atoms with Gasteiger partial charge in [-0.2, -0.15) is 18.3 Å². The first-order valence-electron chi connectivity index (χ1n) is 11.5. The molecular weight excluding hydrogens is 495 g/mol. The van der Waals surface area contributed by atoms with Crippen molar-refractivity contribution in [2.45, 2.75) is 52.4 Å². The van der Waals surface area contributed by atoms with E-state index in [-0.39, 0.29) is 12.6 Å². The molecule has 0 bridgehead atoms. The third-order valence-corrected chi connectivity index (χ3v) is 6.40. The van der Waals surface area contributed by atoms with E-state index in [0.717, 1.165) is 29.0 Å². The zero-order chi connectivity index (χ0) is 26.6. The van der Waals surface area contributed by atoms with E-state index in [2.05, 4.69) is 10.4 Å². The predicted molar refractivity (Wildman–Crippen MR) is 132 cm³/mol. The predicted octanol–water partition coefficient (Wildman–Crippen LogP) is 5.99. The summed E-state index contributed by atoms with van der Waals surface area (Å²) in [5.74, 6) is -0.103. The van der Waals surface area contributed by atoms with Gasteiger partial charge in [-0.15, -0.1) is 0 Å². The summed E-state index contributed by atoms with van der Waals surface area (Å²) < 4.78 is 51.6. The molecule has 10 heteroatoms. The lowest BCUT2D eigenvalue weighted by atomic mass is 9.97. The van der Waals surface area contributed by atoms with Gasteiger partial charge in [-0.25, -0.2) is 9.48 Å². The van der Waals surface area contributed by atoms with E-state index in [1.807, 2.05) is 26.1 Å². The lowest BCUT2D eigenvalue weighted by molar-refractivity contribution is -0.150. The molecule has 0 saturated heterocycles. The summed E-state index contributed by atoms with van der Waals surface area (Å²) in [5, 5.41) is 8.02. The molecule has 0 radical (unpaired) electrons. The number of carbonyl (C=O) groups excluding carboxylic acids is 1. The maximum absolute atomic E-state index is 13.1. The second-order valence-corrected chi connectivity index (χ2v) is 8.76. The molecule has 194 valence electrons. The Kier molecular flexibility index (Phi) is 8.68. The number of nitrogens with one attached hydrogen (secondary N) is 1. The average molecular weight is 524 g/mol. The van der Waals surface area contributed by atoms with Crippen LogP contribution in [0.25, 0.3) is 5.69 Å². The molecule has 36 heavy (non-hydrogen) atoms. The number of alkyl halides is 3. The van der Waals surface area contributed by atoms with Gasteiger partial charge in [-0.1, -0.05) is 17.7 Å². The minimum absolute atomic E-state index is 0.177.